The summed E-state index contributed by atoms with van der Waals surface area (Å²) in [6, 6.07) is 0.180. The smallest absolute Gasteiger partial charge is 0.332 e. The Balaban J connectivity index is 2.39. The molecular weight excluding hydrogens is 194 g/mol. The largest absolute Gasteiger partial charge is 0.479 e. The van der Waals surface area contributed by atoms with Crippen LogP contribution in [-0.2, 0) is 9.53 Å². The maximum Gasteiger partial charge on any atom is 0.332 e. The molecule has 1 rings (SSSR count). The Bertz CT molecular complexity index is 208. The minimum atomic E-state index is -0.851. The number of hydrogen-bond acceptors (Lipinski definition) is 3. The fourth-order valence-corrected chi connectivity index (χ4v) is 2.05. The highest BCUT2D eigenvalue weighted by Gasteiger charge is 2.25. The summed E-state index contributed by atoms with van der Waals surface area (Å²) >= 11 is 0. The van der Waals surface area contributed by atoms with Gasteiger partial charge in [0.2, 0.25) is 0 Å². The quantitative estimate of drug-likeness (QED) is 0.729. The molecule has 0 aromatic carbocycles. The van der Waals surface area contributed by atoms with E-state index in [1.807, 2.05) is 6.92 Å². The normalized spacial score (nSPS) is 28.7. The van der Waals surface area contributed by atoms with Crippen molar-refractivity contribution in [1.29, 1.82) is 0 Å². The lowest BCUT2D eigenvalue weighted by Crippen LogP contribution is -2.36. The Morgan fingerprint density at radius 1 is 1.60 bits per heavy atom. The van der Waals surface area contributed by atoms with E-state index >= 15 is 0 Å². The maximum atomic E-state index is 10.9. The summed E-state index contributed by atoms with van der Waals surface area (Å²) in [4.78, 5) is 10.9. The van der Waals surface area contributed by atoms with Crippen molar-refractivity contribution in [1.82, 2.24) is 0 Å². The van der Waals surface area contributed by atoms with Gasteiger partial charge in [0.15, 0.2) is 6.10 Å². The Hall–Kier alpha value is -0.610. The second-order valence-corrected chi connectivity index (χ2v) is 4.30. The van der Waals surface area contributed by atoms with E-state index in [2.05, 4.69) is 0 Å². The zero-order valence-electron chi connectivity index (χ0n) is 9.32. The zero-order chi connectivity index (χ0) is 11.3. The highest BCUT2D eigenvalue weighted by molar-refractivity contribution is 5.72. The molecule has 0 saturated heterocycles. The molecule has 1 aliphatic carbocycles. The lowest BCUT2D eigenvalue weighted by molar-refractivity contribution is -0.156. The monoisotopic (exact) mass is 215 g/mol. The van der Waals surface area contributed by atoms with Crippen LogP contribution in [0.2, 0.25) is 0 Å². The number of hydrogen-bond donors (Lipinski definition) is 2. The van der Waals surface area contributed by atoms with Crippen LogP contribution in [0, 0.1) is 0 Å². The van der Waals surface area contributed by atoms with Gasteiger partial charge in [0, 0.05) is 6.04 Å². The van der Waals surface area contributed by atoms with Gasteiger partial charge in [0.1, 0.15) is 0 Å². The molecule has 3 atom stereocenters. The van der Waals surface area contributed by atoms with Gasteiger partial charge in [-0.1, -0.05) is 13.3 Å². The second-order valence-electron chi connectivity index (χ2n) is 4.30. The summed E-state index contributed by atoms with van der Waals surface area (Å²) in [6.07, 6.45) is 4.63. The first-order valence-electron chi connectivity index (χ1n) is 5.77. The highest BCUT2D eigenvalue weighted by Crippen LogP contribution is 2.22. The van der Waals surface area contributed by atoms with Gasteiger partial charge in [0.05, 0.1) is 6.10 Å². The van der Waals surface area contributed by atoms with E-state index in [4.69, 9.17) is 15.6 Å². The summed E-state index contributed by atoms with van der Waals surface area (Å²) in [5, 5.41) is 8.94. The van der Waals surface area contributed by atoms with Crippen molar-refractivity contribution in [3.05, 3.63) is 0 Å². The molecule has 0 heterocycles. The van der Waals surface area contributed by atoms with Crippen LogP contribution in [0.15, 0.2) is 0 Å². The van der Waals surface area contributed by atoms with Gasteiger partial charge < -0.3 is 15.6 Å². The second kappa shape index (κ2) is 6.08. The van der Waals surface area contributed by atoms with Gasteiger partial charge in [0.25, 0.3) is 0 Å². The molecule has 0 radical (unpaired) electrons. The van der Waals surface area contributed by atoms with Crippen LogP contribution in [-0.4, -0.2) is 29.3 Å². The topological polar surface area (TPSA) is 72.5 Å². The summed E-state index contributed by atoms with van der Waals surface area (Å²) in [5.74, 6) is -0.851. The summed E-state index contributed by atoms with van der Waals surface area (Å²) in [7, 11) is 0. The molecule has 1 saturated carbocycles. The predicted molar refractivity (Wildman–Crippen MR) is 57.6 cm³/mol. The van der Waals surface area contributed by atoms with E-state index in [9.17, 15) is 4.79 Å². The first-order chi connectivity index (χ1) is 7.13. The van der Waals surface area contributed by atoms with Crippen LogP contribution < -0.4 is 5.73 Å². The molecule has 15 heavy (non-hydrogen) atoms. The molecule has 1 fully saturated rings. The van der Waals surface area contributed by atoms with Crippen LogP contribution in [0.3, 0.4) is 0 Å². The Morgan fingerprint density at radius 3 is 2.87 bits per heavy atom. The Kier molecular flexibility index (Phi) is 5.05. The Morgan fingerprint density at radius 2 is 2.33 bits per heavy atom. The van der Waals surface area contributed by atoms with Gasteiger partial charge in [-0.05, 0) is 32.1 Å². The molecule has 3 N–H and O–H groups in total. The van der Waals surface area contributed by atoms with Gasteiger partial charge in [-0.25, -0.2) is 4.79 Å². The molecule has 0 bridgehead atoms. The minimum Gasteiger partial charge on any atom is -0.479 e. The van der Waals surface area contributed by atoms with E-state index in [-0.39, 0.29) is 12.1 Å². The van der Waals surface area contributed by atoms with Gasteiger partial charge in [-0.15, -0.1) is 0 Å². The molecule has 0 aromatic rings. The molecule has 0 spiro atoms. The Labute approximate surface area is 90.8 Å². The number of carboxylic acids is 1. The van der Waals surface area contributed by atoms with E-state index in [1.165, 1.54) is 0 Å². The fourth-order valence-electron chi connectivity index (χ4n) is 2.05. The molecular formula is C11H21NO3. The van der Waals surface area contributed by atoms with Gasteiger partial charge in [-0.2, -0.15) is 0 Å². The van der Waals surface area contributed by atoms with Crippen molar-refractivity contribution in [2.45, 2.75) is 63.7 Å². The van der Waals surface area contributed by atoms with E-state index in [1.54, 1.807) is 0 Å². The third kappa shape index (κ3) is 4.18. The maximum absolute atomic E-state index is 10.9. The third-order valence-corrected chi connectivity index (χ3v) is 2.85. The van der Waals surface area contributed by atoms with Crippen molar-refractivity contribution in [3.8, 4) is 0 Å². The van der Waals surface area contributed by atoms with Crippen LogP contribution in [0.1, 0.15) is 45.4 Å². The van der Waals surface area contributed by atoms with E-state index < -0.39 is 12.1 Å². The predicted octanol–water partition coefficient (Wildman–Crippen LogP) is 1.53. The van der Waals surface area contributed by atoms with Crippen molar-refractivity contribution in [2.75, 3.05) is 0 Å². The molecule has 3 unspecified atom stereocenters. The average Bonchev–Trinajstić information content (AvgIpc) is 2.17. The highest BCUT2D eigenvalue weighted by atomic mass is 16.5. The SMILES string of the molecule is CCCC(OC1CCCC(N)C1)C(=O)O. The number of ether oxygens (including phenoxy) is 1. The van der Waals surface area contributed by atoms with Crippen LogP contribution in [0.25, 0.3) is 0 Å². The summed E-state index contributed by atoms with van der Waals surface area (Å²) in [5.41, 5.74) is 5.82. The molecule has 0 amide bonds. The number of rotatable bonds is 5. The van der Waals surface area contributed by atoms with Crippen LogP contribution >= 0.6 is 0 Å². The number of aliphatic carboxylic acids is 1. The van der Waals surface area contributed by atoms with Crippen molar-refractivity contribution >= 4 is 5.97 Å². The van der Waals surface area contributed by atoms with Crippen LogP contribution in [0.4, 0.5) is 0 Å². The first kappa shape index (κ1) is 12.5. The lowest BCUT2D eigenvalue weighted by atomic mass is 9.93. The number of carbonyl (C=O) groups is 1. The average molecular weight is 215 g/mol. The molecule has 0 aliphatic heterocycles. The summed E-state index contributed by atoms with van der Waals surface area (Å²) in [6.45, 7) is 1.96. The van der Waals surface area contributed by atoms with Crippen molar-refractivity contribution < 1.29 is 14.6 Å². The first-order valence-corrected chi connectivity index (χ1v) is 5.77. The molecule has 0 aromatic heterocycles. The van der Waals surface area contributed by atoms with E-state index in [0.717, 1.165) is 32.1 Å². The van der Waals surface area contributed by atoms with E-state index in [0.29, 0.717) is 6.42 Å². The molecule has 88 valence electrons. The standard InChI is InChI=1S/C11H21NO3/c1-2-4-10(11(13)14)15-9-6-3-5-8(12)7-9/h8-10H,2-7,12H2,1H3,(H,13,14). The molecule has 1 aliphatic rings. The fraction of sp³-hybridized carbons (Fsp3) is 0.909. The minimum absolute atomic E-state index is 0.0430. The van der Waals surface area contributed by atoms with Gasteiger partial charge in [-0.3, -0.25) is 0 Å². The van der Waals surface area contributed by atoms with Crippen molar-refractivity contribution in [2.24, 2.45) is 5.73 Å². The molecule has 4 heteroatoms. The third-order valence-electron chi connectivity index (χ3n) is 2.85. The molecule has 4 nitrogen and oxygen atoms in total. The number of nitrogens with two attached hydrogens (primary N) is 1. The zero-order valence-corrected chi connectivity index (χ0v) is 9.32. The van der Waals surface area contributed by atoms with Crippen LogP contribution in [0.5, 0.6) is 0 Å². The van der Waals surface area contributed by atoms with Gasteiger partial charge >= 0.3 is 5.97 Å². The summed E-state index contributed by atoms with van der Waals surface area (Å²) < 4.78 is 5.58. The lowest BCUT2D eigenvalue weighted by Gasteiger charge is -2.29. The number of carboxylic acid groups (broad SMARTS) is 1. The van der Waals surface area contributed by atoms with Crippen molar-refractivity contribution in [3.63, 3.8) is 0 Å².